The maximum Gasteiger partial charge on any atom is 0.408 e. The van der Waals surface area contributed by atoms with Crippen molar-refractivity contribution in [1.82, 2.24) is 10.2 Å². The summed E-state index contributed by atoms with van der Waals surface area (Å²) in [6, 6.07) is 5.11. The van der Waals surface area contributed by atoms with Gasteiger partial charge in [-0.25, -0.2) is 4.79 Å². The molecular formula is C21H32N2O6. The highest BCUT2D eigenvalue weighted by molar-refractivity contribution is 5.82. The number of nitrogens with zero attached hydrogens (tertiary/aromatic N) is 1. The number of aliphatic hydroxyl groups is 1. The summed E-state index contributed by atoms with van der Waals surface area (Å²) in [5.74, 6) is -0.0814. The van der Waals surface area contributed by atoms with E-state index in [9.17, 15) is 19.8 Å². The molecule has 1 aliphatic rings. The van der Waals surface area contributed by atoms with E-state index < -0.39 is 23.2 Å². The lowest BCUT2D eigenvalue weighted by atomic mass is 9.72. The molecule has 8 nitrogen and oxygen atoms in total. The van der Waals surface area contributed by atoms with Crippen LogP contribution in [0.5, 0.6) is 11.5 Å². The number of hydrogen-bond acceptors (Lipinski definition) is 6. The molecule has 0 aromatic heterocycles. The van der Waals surface area contributed by atoms with Crippen LogP contribution in [0.3, 0.4) is 0 Å². The van der Waals surface area contributed by atoms with Crippen molar-refractivity contribution in [3.05, 3.63) is 23.8 Å². The van der Waals surface area contributed by atoms with Gasteiger partial charge in [0.2, 0.25) is 5.91 Å². The van der Waals surface area contributed by atoms with E-state index >= 15 is 0 Å². The molecule has 0 unspecified atom stereocenters. The monoisotopic (exact) mass is 408 g/mol. The molecule has 1 heterocycles. The van der Waals surface area contributed by atoms with E-state index in [1.54, 1.807) is 44.7 Å². The van der Waals surface area contributed by atoms with Crippen LogP contribution >= 0.6 is 0 Å². The van der Waals surface area contributed by atoms with Crippen molar-refractivity contribution in [2.24, 2.45) is 5.41 Å². The number of likely N-dealkylation sites (tertiary alicyclic amines) is 1. The molecule has 8 heteroatoms. The molecule has 1 saturated heterocycles. The highest BCUT2D eigenvalue weighted by Crippen LogP contribution is 2.46. The lowest BCUT2D eigenvalue weighted by Gasteiger charge is -2.33. The van der Waals surface area contributed by atoms with Crippen LogP contribution in [0.25, 0.3) is 0 Å². The van der Waals surface area contributed by atoms with Gasteiger partial charge in [0.25, 0.3) is 0 Å². The maximum atomic E-state index is 12.7. The minimum atomic E-state index is -0.687. The predicted molar refractivity (Wildman–Crippen MR) is 108 cm³/mol. The molecule has 2 amide bonds. The van der Waals surface area contributed by atoms with Crippen LogP contribution in [0, 0.1) is 5.41 Å². The van der Waals surface area contributed by atoms with Crippen molar-refractivity contribution in [2.45, 2.75) is 52.2 Å². The van der Waals surface area contributed by atoms with Crippen molar-refractivity contribution < 1.29 is 29.3 Å². The van der Waals surface area contributed by atoms with Crippen LogP contribution in [0.2, 0.25) is 0 Å². The van der Waals surface area contributed by atoms with E-state index in [0.717, 1.165) is 5.56 Å². The van der Waals surface area contributed by atoms with Crippen molar-refractivity contribution in [1.29, 1.82) is 0 Å². The molecule has 0 radical (unpaired) electrons. The summed E-state index contributed by atoms with van der Waals surface area (Å²) in [4.78, 5) is 26.1. The number of nitrogens with one attached hydrogen (secondary N) is 1. The Morgan fingerprint density at radius 3 is 2.55 bits per heavy atom. The number of aromatic hydroxyl groups is 1. The Hall–Kier alpha value is -2.48. The van der Waals surface area contributed by atoms with Gasteiger partial charge < -0.3 is 29.9 Å². The number of phenolic OH excluding ortho intramolecular Hbond substituents is 1. The number of benzene rings is 1. The van der Waals surface area contributed by atoms with Gasteiger partial charge in [0.1, 0.15) is 12.1 Å². The molecule has 3 N–H and O–H groups in total. The number of alkyl carbamates (subject to hydrolysis) is 1. The van der Waals surface area contributed by atoms with Gasteiger partial charge in [0, 0.05) is 24.4 Å². The Morgan fingerprint density at radius 2 is 2.03 bits per heavy atom. The minimum Gasteiger partial charge on any atom is -0.504 e. The third-order valence-electron chi connectivity index (χ3n) is 5.43. The first kappa shape index (κ1) is 22.8. The fourth-order valence-electron chi connectivity index (χ4n) is 3.61. The number of amides is 2. The number of carbonyl (C=O) groups is 2. The molecule has 1 fully saturated rings. The zero-order valence-corrected chi connectivity index (χ0v) is 18.0. The minimum absolute atomic E-state index is 0.00862. The summed E-state index contributed by atoms with van der Waals surface area (Å²) in [6.07, 6.45) is -1.34. The van der Waals surface area contributed by atoms with Crippen molar-refractivity contribution in [3.63, 3.8) is 0 Å². The molecular weight excluding hydrogens is 376 g/mol. The number of rotatable bonds is 5. The Labute approximate surface area is 171 Å². The highest BCUT2D eigenvalue weighted by Gasteiger charge is 2.48. The standard InChI is InChI=1S/C21H32N2O6/c1-13(24)21(5)12-23(18(26)10-22-19(27)29-20(2,3)4)11-15(21)14-7-8-17(28-6)16(25)9-14/h7-9,13,15,24-25H,10-12H2,1-6H3,(H,22,27)/t13-,15+,21+/m1/s1. The van der Waals surface area contributed by atoms with Crippen LogP contribution in [-0.4, -0.2) is 65.6 Å². The van der Waals surface area contributed by atoms with Crippen molar-refractivity contribution in [2.75, 3.05) is 26.7 Å². The van der Waals surface area contributed by atoms with Crippen LogP contribution in [0.1, 0.15) is 46.1 Å². The number of phenols is 1. The quantitative estimate of drug-likeness (QED) is 0.690. The zero-order chi connectivity index (χ0) is 22.0. The number of ether oxygens (including phenoxy) is 2. The first-order chi connectivity index (χ1) is 13.4. The van der Waals surface area contributed by atoms with Crippen LogP contribution in [-0.2, 0) is 9.53 Å². The molecule has 1 aromatic rings. The fourth-order valence-corrected chi connectivity index (χ4v) is 3.61. The zero-order valence-electron chi connectivity index (χ0n) is 18.0. The molecule has 1 aliphatic heterocycles. The Kier molecular flexibility index (Phi) is 6.67. The molecule has 0 spiro atoms. The van der Waals surface area contributed by atoms with E-state index in [4.69, 9.17) is 9.47 Å². The van der Waals surface area contributed by atoms with E-state index in [0.29, 0.717) is 18.8 Å². The van der Waals surface area contributed by atoms with Gasteiger partial charge in [-0.15, -0.1) is 0 Å². The Bertz CT molecular complexity index is 758. The molecule has 3 atom stereocenters. The van der Waals surface area contributed by atoms with Gasteiger partial charge >= 0.3 is 6.09 Å². The van der Waals surface area contributed by atoms with Crippen molar-refractivity contribution in [3.8, 4) is 11.5 Å². The van der Waals surface area contributed by atoms with E-state index in [-0.39, 0.29) is 24.1 Å². The van der Waals surface area contributed by atoms with E-state index in [2.05, 4.69) is 5.32 Å². The summed E-state index contributed by atoms with van der Waals surface area (Å²) in [5, 5.41) is 23.1. The number of aliphatic hydroxyl groups excluding tert-OH is 1. The summed E-state index contributed by atoms with van der Waals surface area (Å²) >= 11 is 0. The maximum absolute atomic E-state index is 12.7. The van der Waals surface area contributed by atoms with Crippen molar-refractivity contribution >= 4 is 12.0 Å². The smallest absolute Gasteiger partial charge is 0.408 e. The normalized spacial score (nSPS) is 22.9. The first-order valence-corrected chi connectivity index (χ1v) is 9.67. The second-order valence-corrected chi connectivity index (χ2v) is 8.80. The molecule has 162 valence electrons. The van der Waals surface area contributed by atoms with Crippen LogP contribution in [0.4, 0.5) is 4.79 Å². The second-order valence-electron chi connectivity index (χ2n) is 8.80. The molecule has 0 bridgehead atoms. The third kappa shape index (κ3) is 5.32. The van der Waals surface area contributed by atoms with Crippen LogP contribution in [0.15, 0.2) is 18.2 Å². The summed E-state index contributed by atoms with van der Waals surface area (Å²) < 4.78 is 10.2. The van der Waals surface area contributed by atoms with Gasteiger partial charge in [-0.3, -0.25) is 4.79 Å². The number of carbonyl (C=O) groups excluding carboxylic acids is 2. The van der Waals surface area contributed by atoms with Gasteiger partial charge in [-0.1, -0.05) is 13.0 Å². The molecule has 0 saturated carbocycles. The fraction of sp³-hybridized carbons (Fsp3) is 0.619. The highest BCUT2D eigenvalue weighted by atomic mass is 16.6. The molecule has 29 heavy (non-hydrogen) atoms. The topological polar surface area (TPSA) is 108 Å². The van der Waals surface area contributed by atoms with Crippen LogP contribution < -0.4 is 10.1 Å². The first-order valence-electron chi connectivity index (χ1n) is 9.67. The average molecular weight is 408 g/mol. The number of hydrogen-bond donors (Lipinski definition) is 3. The Morgan fingerprint density at radius 1 is 1.38 bits per heavy atom. The second kappa shape index (κ2) is 8.49. The van der Waals surface area contributed by atoms with E-state index in [1.807, 2.05) is 13.0 Å². The predicted octanol–water partition coefficient (Wildman–Crippen LogP) is 2.24. The molecule has 1 aromatic carbocycles. The summed E-state index contributed by atoms with van der Waals surface area (Å²) in [7, 11) is 1.47. The van der Waals surface area contributed by atoms with Gasteiger partial charge in [0.15, 0.2) is 11.5 Å². The molecule has 0 aliphatic carbocycles. The average Bonchev–Trinajstić information content (AvgIpc) is 2.97. The van der Waals surface area contributed by atoms with Gasteiger partial charge in [-0.05, 0) is 45.4 Å². The molecule has 2 rings (SSSR count). The van der Waals surface area contributed by atoms with E-state index in [1.165, 1.54) is 7.11 Å². The SMILES string of the molecule is COc1ccc([C@@H]2CN(C(=O)CNC(=O)OC(C)(C)C)C[C@@]2(C)[C@@H](C)O)cc1O. The van der Waals surface area contributed by atoms with Gasteiger partial charge in [-0.2, -0.15) is 0 Å². The third-order valence-corrected chi connectivity index (χ3v) is 5.43. The largest absolute Gasteiger partial charge is 0.504 e. The Balaban J connectivity index is 2.14. The summed E-state index contributed by atoms with van der Waals surface area (Å²) in [6.45, 7) is 9.36. The number of methoxy groups -OCH3 is 1. The lowest BCUT2D eigenvalue weighted by molar-refractivity contribution is -0.129. The van der Waals surface area contributed by atoms with Gasteiger partial charge in [0.05, 0.1) is 13.2 Å². The summed E-state index contributed by atoms with van der Waals surface area (Å²) in [5.41, 5.74) is -0.447. The lowest BCUT2D eigenvalue weighted by Crippen LogP contribution is -2.42.